The molecule has 6 nitrogen and oxygen atoms in total. The van der Waals surface area contributed by atoms with Gasteiger partial charge in [0.15, 0.2) is 5.69 Å². The van der Waals surface area contributed by atoms with Gasteiger partial charge in [0.25, 0.3) is 0 Å². The van der Waals surface area contributed by atoms with Crippen LogP contribution in [0.1, 0.15) is 5.69 Å². The standard InChI is InChI=1S/C9H6N6/c10-1-6-2-13-7(3-12-6)8-4-15-9(11)5-14-8/h2-5H,(H2,11,15). The van der Waals surface area contributed by atoms with Crippen LogP contribution in [0.25, 0.3) is 11.4 Å². The molecule has 2 aromatic heterocycles. The number of anilines is 1. The van der Waals surface area contributed by atoms with Crippen LogP contribution in [0, 0.1) is 11.3 Å². The Morgan fingerprint density at radius 1 is 0.933 bits per heavy atom. The number of nitrogen functional groups attached to an aromatic ring is 1. The molecule has 0 aliphatic heterocycles. The maximum Gasteiger partial charge on any atom is 0.158 e. The highest BCUT2D eigenvalue weighted by Gasteiger charge is 2.02. The average Bonchev–Trinajstić information content (AvgIpc) is 2.30. The largest absolute Gasteiger partial charge is 0.382 e. The van der Waals surface area contributed by atoms with Gasteiger partial charge in [-0.15, -0.1) is 0 Å². The van der Waals surface area contributed by atoms with E-state index >= 15 is 0 Å². The van der Waals surface area contributed by atoms with E-state index in [1.807, 2.05) is 6.07 Å². The lowest BCUT2D eigenvalue weighted by Crippen LogP contribution is -1.95. The van der Waals surface area contributed by atoms with Crippen molar-refractivity contribution in [1.82, 2.24) is 19.9 Å². The van der Waals surface area contributed by atoms with Gasteiger partial charge < -0.3 is 5.73 Å². The number of hydrogen-bond acceptors (Lipinski definition) is 6. The molecule has 0 saturated heterocycles. The Kier molecular flexibility index (Phi) is 2.21. The molecule has 2 heterocycles. The molecule has 2 N–H and O–H groups in total. The fourth-order valence-electron chi connectivity index (χ4n) is 0.988. The Morgan fingerprint density at radius 3 is 2.07 bits per heavy atom. The van der Waals surface area contributed by atoms with Crippen molar-refractivity contribution in [3.63, 3.8) is 0 Å². The smallest absolute Gasteiger partial charge is 0.158 e. The molecule has 0 aliphatic rings. The Morgan fingerprint density at radius 2 is 1.60 bits per heavy atom. The van der Waals surface area contributed by atoms with Crippen LogP contribution >= 0.6 is 0 Å². The van der Waals surface area contributed by atoms with E-state index in [0.29, 0.717) is 17.2 Å². The van der Waals surface area contributed by atoms with Gasteiger partial charge >= 0.3 is 0 Å². The lowest BCUT2D eigenvalue weighted by atomic mass is 10.3. The second-order valence-corrected chi connectivity index (χ2v) is 2.73. The molecule has 2 aromatic rings. The molecule has 0 atom stereocenters. The zero-order valence-electron chi connectivity index (χ0n) is 7.62. The molecule has 15 heavy (non-hydrogen) atoms. The summed E-state index contributed by atoms with van der Waals surface area (Å²) < 4.78 is 0. The van der Waals surface area contributed by atoms with E-state index in [2.05, 4.69) is 19.9 Å². The lowest BCUT2D eigenvalue weighted by Gasteiger charge is -1.98. The van der Waals surface area contributed by atoms with Crippen LogP contribution in [0.4, 0.5) is 5.82 Å². The van der Waals surface area contributed by atoms with Crippen LogP contribution in [0.15, 0.2) is 24.8 Å². The van der Waals surface area contributed by atoms with Crippen LogP contribution in [0.3, 0.4) is 0 Å². The van der Waals surface area contributed by atoms with Gasteiger partial charge in [-0.2, -0.15) is 5.26 Å². The summed E-state index contributed by atoms with van der Waals surface area (Å²) in [5, 5.41) is 8.54. The van der Waals surface area contributed by atoms with Gasteiger partial charge in [0.05, 0.1) is 24.8 Å². The number of nitrogens with two attached hydrogens (primary N) is 1. The molecular formula is C9H6N6. The maximum absolute atomic E-state index is 8.54. The number of rotatable bonds is 1. The van der Waals surface area contributed by atoms with E-state index in [-0.39, 0.29) is 5.69 Å². The van der Waals surface area contributed by atoms with Gasteiger partial charge in [-0.05, 0) is 0 Å². The van der Waals surface area contributed by atoms with E-state index in [1.165, 1.54) is 24.8 Å². The lowest BCUT2D eigenvalue weighted by molar-refractivity contribution is 1.13. The average molecular weight is 198 g/mol. The molecule has 2 rings (SSSR count). The van der Waals surface area contributed by atoms with Crippen LogP contribution in [-0.4, -0.2) is 19.9 Å². The van der Waals surface area contributed by atoms with Crippen molar-refractivity contribution in [2.75, 3.05) is 5.73 Å². The molecule has 72 valence electrons. The van der Waals surface area contributed by atoms with Crippen molar-refractivity contribution < 1.29 is 0 Å². The zero-order valence-corrected chi connectivity index (χ0v) is 7.62. The molecule has 0 fully saturated rings. The quantitative estimate of drug-likeness (QED) is 0.711. The highest BCUT2D eigenvalue weighted by atomic mass is 14.9. The number of nitrogens with zero attached hydrogens (tertiary/aromatic N) is 5. The molecule has 0 aromatic carbocycles. The minimum absolute atomic E-state index is 0.266. The van der Waals surface area contributed by atoms with E-state index in [4.69, 9.17) is 11.0 Å². The molecule has 0 bridgehead atoms. The predicted octanol–water partition coefficient (Wildman–Crippen LogP) is 0.387. The fourth-order valence-corrected chi connectivity index (χ4v) is 0.988. The first-order valence-corrected chi connectivity index (χ1v) is 4.09. The fraction of sp³-hybridized carbons (Fsp3) is 0. The van der Waals surface area contributed by atoms with Crippen LogP contribution in [0.5, 0.6) is 0 Å². The van der Waals surface area contributed by atoms with Crippen molar-refractivity contribution >= 4 is 5.82 Å². The summed E-state index contributed by atoms with van der Waals surface area (Å²) in [6.07, 6.45) is 5.80. The van der Waals surface area contributed by atoms with Crippen LogP contribution in [-0.2, 0) is 0 Å². The third-order valence-corrected chi connectivity index (χ3v) is 1.70. The third kappa shape index (κ3) is 1.86. The highest BCUT2D eigenvalue weighted by Crippen LogP contribution is 2.11. The van der Waals surface area contributed by atoms with Crippen molar-refractivity contribution in [3.8, 4) is 17.5 Å². The van der Waals surface area contributed by atoms with Gasteiger partial charge in [0.1, 0.15) is 23.3 Å². The summed E-state index contributed by atoms with van der Waals surface area (Å²) >= 11 is 0. The molecule has 0 aliphatic carbocycles. The summed E-state index contributed by atoms with van der Waals surface area (Å²) in [5.74, 6) is 0.348. The minimum atomic E-state index is 0.266. The first kappa shape index (κ1) is 9.02. The number of nitriles is 1. The summed E-state index contributed by atoms with van der Waals surface area (Å²) in [6, 6.07) is 1.89. The van der Waals surface area contributed by atoms with Crippen molar-refractivity contribution in [1.29, 1.82) is 5.26 Å². The molecule has 0 spiro atoms. The summed E-state index contributed by atoms with van der Waals surface area (Å²) in [5.41, 5.74) is 6.79. The van der Waals surface area contributed by atoms with Crippen molar-refractivity contribution in [3.05, 3.63) is 30.5 Å². The molecule has 6 heteroatoms. The van der Waals surface area contributed by atoms with Gasteiger partial charge in [-0.25, -0.2) is 19.9 Å². The molecule has 0 saturated carbocycles. The molecule has 0 unspecified atom stereocenters. The van der Waals surface area contributed by atoms with E-state index in [1.54, 1.807) is 0 Å². The molecule has 0 radical (unpaired) electrons. The van der Waals surface area contributed by atoms with Crippen molar-refractivity contribution in [2.45, 2.75) is 0 Å². The van der Waals surface area contributed by atoms with E-state index in [9.17, 15) is 0 Å². The predicted molar refractivity (Wildman–Crippen MR) is 52.2 cm³/mol. The molecular weight excluding hydrogens is 192 g/mol. The first-order chi connectivity index (χ1) is 7.29. The monoisotopic (exact) mass is 198 g/mol. The first-order valence-electron chi connectivity index (χ1n) is 4.09. The zero-order chi connectivity index (χ0) is 10.7. The number of aromatic nitrogens is 4. The van der Waals surface area contributed by atoms with Crippen molar-refractivity contribution in [2.24, 2.45) is 0 Å². The minimum Gasteiger partial charge on any atom is -0.382 e. The van der Waals surface area contributed by atoms with Gasteiger partial charge in [0, 0.05) is 0 Å². The maximum atomic E-state index is 8.54. The highest BCUT2D eigenvalue weighted by molar-refractivity contribution is 5.52. The normalized spacial score (nSPS) is 9.53. The van der Waals surface area contributed by atoms with Crippen LogP contribution < -0.4 is 5.73 Å². The molecule has 0 amide bonds. The second-order valence-electron chi connectivity index (χ2n) is 2.73. The van der Waals surface area contributed by atoms with Gasteiger partial charge in [0.2, 0.25) is 0 Å². The Bertz CT molecular complexity index is 496. The van der Waals surface area contributed by atoms with Gasteiger partial charge in [-0.1, -0.05) is 0 Å². The Balaban J connectivity index is 2.38. The SMILES string of the molecule is N#Cc1cnc(-c2cnc(N)cn2)cn1. The van der Waals surface area contributed by atoms with Crippen LogP contribution in [0.2, 0.25) is 0 Å². The van der Waals surface area contributed by atoms with Gasteiger partial charge in [-0.3, -0.25) is 0 Å². The van der Waals surface area contributed by atoms with E-state index < -0.39 is 0 Å². The number of hydrogen-bond donors (Lipinski definition) is 1. The Hall–Kier alpha value is -2.55. The second kappa shape index (κ2) is 3.67. The topological polar surface area (TPSA) is 101 Å². The third-order valence-electron chi connectivity index (χ3n) is 1.70. The summed E-state index contributed by atoms with van der Waals surface area (Å²) in [7, 11) is 0. The Labute approximate surface area is 85.5 Å². The van der Waals surface area contributed by atoms with E-state index in [0.717, 1.165) is 0 Å². The summed E-state index contributed by atoms with van der Waals surface area (Å²) in [4.78, 5) is 15.8. The summed E-state index contributed by atoms with van der Waals surface area (Å²) in [6.45, 7) is 0.